The zero-order chi connectivity index (χ0) is 18.9. The number of carbonyl (C=O) groups is 1. The summed E-state index contributed by atoms with van der Waals surface area (Å²) >= 11 is 0. The Morgan fingerprint density at radius 3 is 2.35 bits per heavy atom. The maximum Gasteiger partial charge on any atom is 0.416 e. The van der Waals surface area contributed by atoms with Crippen molar-refractivity contribution in [3.8, 4) is 0 Å². The number of carbonyl (C=O) groups excluding carboxylic acids is 1. The van der Waals surface area contributed by atoms with Crippen molar-refractivity contribution in [2.45, 2.75) is 12.7 Å². The number of para-hydroxylation sites is 2. The molecule has 0 fully saturated rings. The third-order valence-corrected chi connectivity index (χ3v) is 3.68. The van der Waals surface area contributed by atoms with Crippen LogP contribution in [0.4, 0.5) is 18.9 Å². The van der Waals surface area contributed by atoms with Gasteiger partial charge in [-0.15, -0.1) is 0 Å². The minimum absolute atomic E-state index is 0.144. The lowest BCUT2D eigenvalue weighted by atomic mass is 10.2. The number of nitrogens with zero attached hydrogens (tertiary/aromatic N) is 1. The number of rotatable bonds is 3. The third-order valence-electron chi connectivity index (χ3n) is 3.68. The Kier molecular flexibility index (Phi) is 4.37. The van der Waals surface area contributed by atoms with Crippen molar-refractivity contribution in [3.05, 3.63) is 74.8 Å². The Morgan fingerprint density at radius 2 is 1.69 bits per heavy atom. The van der Waals surface area contributed by atoms with Crippen LogP contribution in [0.15, 0.2) is 58.1 Å². The molecule has 0 aliphatic rings. The van der Waals surface area contributed by atoms with E-state index in [0.29, 0.717) is 11.0 Å². The average Bonchev–Trinajstić information content (AvgIpc) is 2.58. The number of amides is 1. The van der Waals surface area contributed by atoms with Crippen LogP contribution in [0.2, 0.25) is 0 Å². The van der Waals surface area contributed by atoms with Crippen molar-refractivity contribution >= 4 is 22.6 Å². The van der Waals surface area contributed by atoms with Gasteiger partial charge in [-0.25, -0.2) is 0 Å². The van der Waals surface area contributed by atoms with Crippen LogP contribution >= 0.6 is 0 Å². The molecule has 9 heteroatoms. The number of aromatic amines is 1. The van der Waals surface area contributed by atoms with Crippen molar-refractivity contribution in [1.82, 2.24) is 9.55 Å². The number of hydrogen-bond acceptors (Lipinski definition) is 3. The number of hydrogen-bond donors (Lipinski definition) is 2. The molecule has 0 spiro atoms. The Labute approximate surface area is 143 Å². The first-order valence-corrected chi connectivity index (χ1v) is 7.45. The zero-order valence-electron chi connectivity index (χ0n) is 13.1. The maximum atomic E-state index is 12.5. The summed E-state index contributed by atoms with van der Waals surface area (Å²) in [6, 6.07) is 10.4. The molecular weight excluding hydrogens is 351 g/mol. The van der Waals surface area contributed by atoms with E-state index >= 15 is 0 Å². The minimum atomic E-state index is -4.47. The summed E-state index contributed by atoms with van der Waals surface area (Å²) in [7, 11) is 0. The molecule has 1 aromatic heterocycles. The van der Waals surface area contributed by atoms with Gasteiger partial charge in [0.15, 0.2) is 0 Å². The highest BCUT2D eigenvalue weighted by Gasteiger charge is 2.30. The van der Waals surface area contributed by atoms with Crippen LogP contribution in [0.25, 0.3) is 11.0 Å². The highest BCUT2D eigenvalue weighted by atomic mass is 19.4. The molecule has 1 heterocycles. The monoisotopic (exact) mass is 363 g/mol. The van der Waals surface area contributed by atoms with Gasteiger partial charge in [0.25, 0.3) is 0 Å². The van der Waals surface area contributed by atoms with Crippen LogP contribution in [0.1, 0.15) is 5.56 Å². The molecule has 2 N–H and O–H groups in total. The molecule has 26 heavy (non-hydrogen) atoms. The molecular formula is C17H12F3N3O3. The van der Waals surface area contributed by atoms with Gasteiger partial charge in [-0.2, -0.15) is 13.2 Å². The number of alkyl halides is 3. The second-order valence-electron chi connectivity index (χ2n) is 5.49. The second kappa shape index (κ2) is 6.51. The molecule has 0 atom stereocenters. The predicted octanol–water partition coefficient (Wildman–Crippen LogP) is 2.35. The molecule has 0 aliphatic heterocycles. The van der Waals surface area contributed by atoms with Gasteiger partial charge in [0, 0.05) is 5.69 Å². The predicted molar refractivity (Wildman–Crippen MR) is 88.9 cm³/mol. The lowest BCUT2D eigenvalue weighted by molar-refractivity contribution is -0.137. The van der Waals surface area contributed by atoms with Gasteiger partial charge < -0.3 is 10.3 Å². The van der Waals surface area contributed by atoms with Crippen molar-refractivity contribution in [1.29, 1.82) is 0 Å². The molecule has 0 bridgehead atoms. The summed E-state index contributed by atoms with van der Waals surface area (Å²) in [5, 5.41) is 2.40. The normalized spacial score (nSPS) is 11.5. The number of H-pyrrole nitrogens is 1. The summed E-state index contributed by atoms with van der Waals surface area (Å²) < 4.78 is 38.6. The largest absolute Gasteiger partial charge is 0.416 e. The molecule has 134 valence electrons. The first-order valence-electron chi connectivity index (χ1n) is 7.45. The third kappa shape index (κ3) is 3.51. The fraction of sp³-hybridized carbons (Fsp3) is 0.118. The van der Waals surface area contributed by atoms with Gasteiger partial charge in [-0.3, -0.25) is 19.0 Å². The fourth-order valence-corrected chi connectivity index (χ4v) is 2.47. The van der Waals surface area contributed by atoms with Gasteiger partial charge >= 0.3 is 17.3 Å². The van der Waals surface area contributed by atoms with Crippen LogP contribution in [-0.2, 0) is 17.5 Å². The van der Waals surface area contributed by atoms with Gasteiger partial charge in [0.05, 0.1) is 16.6 Å². The van der Waals surface area contributed by atoms with Gasteiger partial charge in [-0.05, 0) is 36.4 Å². The highest BCUT2D eigenvalue weighted by Crippen LogP contribution is 2.29. The summed E-state index contributed by atoms with van der Waals surface area (Å²) in [5.41, 5.74) is -1.71. The van der Waals surface area contributed by atoms with Crippen LogP contribution in [-0.4, -0.2) is 15.5 Å². The molecule has 3 aromatic rings. The van der Waals surface area contributed by atoms with E-state index in [-0.39, 0.29) is 5.69 Å². The van der Waals surface area contributed by atoms with E-state index < -0.39 is 35.3 Å². The standard InChI is InChI=1S/C17H12F3N3O3/c18-17(19,20)10-5-7-11(8-6-10)21-14(24)9-23-13-4-2-1-3-12(13)22-15(25)16(23)26/h1-8H,9H2,(H,21,24)(H,22,25). The van der Waals surface area contributed by atoms with Crippen molar-refractivity contribution < 1.29 is 18.0 Å². The number of halogens is 3. The molecule has 0 saturated carbocycles. The van der Waals surface area contributed by atoms with E-state index in [9.17, 15) is 27.6 Å². The van der Waals surface area contributed by atoms with E-state index in [2.05, 4.69) is 10.3 Å². The maximum absolute atomic E-state index is 12.5. The average molecular weight is 363 g/mol. The van der Waals surface area contributed by atoms with Crippen LogP contribution in [0.5, 0.6) is 0 Å². The lowest BCUT2D eigenvalue weighted by Crippen LogP contribution is -2.38. The first-order chi connectivity index (χ1) is 12.3. The fourth-order valence-electron chi connectivity index (χ4n) is 2.47. The van der Waals surface area contributed by atoms with E-state index in [1.54, 1.807) is 24.3 Å². The van der Waals surface area contributed by atoms with E-state index in [1.165, 1.54) is 0 Å². The highest BCUT2D eigenvalue weighted by molar-refractivity contribution is 5.91. The molecule has 6 nitrogen and oxygen atoms in total. The molecule has 1 amide bonds. The molecule has 3 rings (SSSR count). The lowest BCUT2D eigenvalue weighted by Gasteiger charge is -2.11. The number of benzene rings is 2. The van der Waals surface area contributed by atoms with Gasteiger partial charge in [0.2, 0.25) is 5.91 Å². The Morgan fingerprint density at radius 1 is 1.04 bits per heavy atom. The van der Waals surface area contributed by atoms with Gasteiger partial charge in [-0.1, -0.05) is 12.1 Å². The Hall–Kier alpha value is -3.36. The number of fused-ring (bicyclic) bond motifs is 1. The summed E-state index contributed by atoms with van der Waals surface area (Å²) in [5.74, 6) is -0.650. The van der Waals surface area contributed by atoms with Crippen LogP contribution in [0, 0.1) is 0 Å². The second-order valence-corrected chi connectivity index (χ2v) is 5.49. The minimum Gasteiger partial charge on any atom is -0.325 e. The first kappa shape index (κ1) is 17.5. The smallest absolute Gasteiger partial charge is 0.325 e. The summed E-state index contributed by atoms with van der Waals surface area (Å²) in [6.07, 6.45) is -4.47. The molecule has 0 radical (unpaired) electrons. The van der Waals surface area contributed by atoms with Crippen molar-refractivity contribution in [2.75, 3.05) is 5.32 Å². The molecule has 0 unspecified atom stereocenters. The summed E-state index contributed by atoms with van der Waals surface area (Å²) in [6.45, 7) is -0.454. The van der Waals surface area contributed by atoms with E-state index in [0.717, 1.165) is 28.8 Å². The Balaban J connectivity index is 1.85. The quantitative estimate of drug-likeness (QED) is 0.701. The Bertz CT molecular complexity index is 1080. The summed E-state index contributed by atoms with van der Waals surface area (Å²) in [4.78, 5) is 38.3. The molecule has 0 saturated heterocycles. The SMILES string of the molecule is O=C(Cn1c(=O)c(=O)[nH]c2ccccc21)Nc1ccc(C(F)(F)F)cc1. The van der Waals surface area contributed by atoms with E-state index in [1.807, 2.05) is 0 Å². The van der Waals surface area contributed by atoms with E-state index in [4.69, 9.17) is 0 Å². The van der Waals surface area contributed by atoms with Crippen LogP contribution in [0.3, 0.4) is 0 Å². The number of aromatic nitrogens is 2. The topological polar surface area (TPSA) is 84.0 Å². The molecule has 2 aromatic carbocycles. The van der Waals surface area contributed by atoms with Crippen molar-refractivity contribution in [2.24, 2.45) is 0 Å². The number of nitrogens with one attached hydrogen (secondary N) is 2. The van der Waals surface area contributed by atoms with Crippen LogP contribution < -0.4 is 16.4 Å². The number of anilines is 1. The molecule has 0 aliphatic carbocycles. The van der Waals surface area contributed by atoms with Crippen molar-refractivity contribution in [3.63, 3.8) is 0 Å². The zero-order valence-corrected chi connectivity index (χ0v) is 13.1. The van der Waals surface area contributed by atoms with Gasteiger partial charge in [0.1, 0.15) is 6.54 Å².